The topological polar surface area (TPSA) is 146 Å². The minimum atomic E-state index is -1.03. The summed E-state index contributed by atoms with van der Waals surface area (Å²) in [5.74, 6) is 3.07. The van der Waals surface area contributed by atoms with Crippen LogP contribution in [-0.2, 0) is 9.59 Å². The van der Waals surface area contributed by atoms with Crippen LogP contribution in [0.3, 0.4) is 0 Å². The monoisotopic (exact) mass is 411 g/mol. The zero-order chi connectivity index (χ0) is 22.1. The average Bonchev–Trinajstić information content (AvgIpc) is 2.71. The molecule has 2 rings (SSSR count). The minimum Gasteiger partial charge on any atom is -0.481 e. The van der Waals surface area contributed by atoms with Gasteiger partial charge in [0.15, 0.2) is 0 Å². The van der Waals surface area contributed by atoms with E-state index in [0.717, 1.165) is 16.7 Å². The Hall–Kier alpha value is -3.88. The van der Waals surface area contributed by atoms with E-state index in [1.165, 1.54) is 6.34 Å². The van der Waals surface area contributed by atoms with Gasteiger partial charge >= 0.3 is 5.97 Å². The lowest BCUT2D eigenvalue weighted by Gasteiger charge is -2.20. The molecule has 0 fully saturated rings. The zero-order valence-corrected chi connectivity index (χ0v) is 16.8. The number of rotatable bonds is 9. The Kier molecular flexibility index (Phi) is 7.92. The van der Waals surface area contributed by atoms with E-state index in [-0.39, 0.29) is 13.0 Å². The summed E-state index contributed by atoms with van der Waals surface area (Å²) in [7, 11) is 0. The maximum absolute atomic E-state index is 12.4. The molecule has 1 atom stereocenters. The van der Waals surface area contributed by atoms with Crippen molar-refractivity contribution in [3.05, 3.63) is 64.7 Å². The predicted molar refractivity (Wildman–Crippen MR) is 114 cm³/mol. The van der Waals surface area contributed by atoms with E-state index in [1.54, 1.807) is 24.3 Å². The van der Waals surface area contributed by atoms with Gasteiger partial charge in [-0.3, -0.25) is 14.4 Å². The second-order valence-corrected chi connectivity index (χ2v) is 6.76. The summed E-state index contributed by atoms with van der Waals surface area (Å²) in [5, 5.41) is 20.6. The Bertz CT molecular complexity index is 958. The molecular weight excluding hydrogens is 386 g/mol. The Morgan fingerprint density at radius 1 is 1.17 bits per heavy atom. The fourth-order valence-corrected chi connectivity index (χ4v) is 2.92. The molecule has 9 heteroatoms. The highest BCUT2D eigenvalue weighted by atomic mass is 16.4. The largest absolute Gasteiger partial charge is 0.481 e. The second kappa shape index (κ2) is 10.6. The number of aliphatic carboxylic acids is 1. The van der Waals surface area contributed by atoms with Crippen LogP contribution < -0.4 is 21.8 Å². The summed E-state index contributed by atoms with van der Waals surface area (Å²) >= 11 is 0. The number of anilines is 1. The number of benzene rings is 2. The van der Waals surface area contributed by atoms with E-state index in [2.05, 4.69) is 21.1 Å². The number of nitrogens with zero attached hydrogens (tertiary/aromatic N) is 1. The third-order valence-corrected chi connectivity index (χ3v) is 4.36. The number of nitrogens with two attached hydrogens (primary N) is 1. The van der Waals surface area contributed by atoms with E-state index in [4.69, 9.17) is 5.84 Å². The molecule has 0 aliphatic carbocycles. The fraction of sp³-hybridized carbons (Fsp3) is 0.238. The maximum atomic E-state index is 12.4. The van der Waals surface area contributed by atoms with Crippen LogP contribution in [0.15, 0.2) is 47.6 Å². The van der Waals surface area contributed by atoms with Gasteiger partial charge in [-0.2, -0.15) is 5.10 Å². The number of carbonyl (C=O) groups excluding carboxylic acids is 2. The fourth-order valence-electron chi connectivity index (χ4n) is 2.92. The molecule has 1 unspecified atom stereocenters. The molecule has 0 aliphatic rings. The number of carboxylic acids is 1. The SMILES string of the molecule is Cc1ccc(C)c(C(CC(=O)O)NC(=O)CNC(=O)c2cccc(NC=NN)c2)c1. The van der Waals surface area contributed by atoms with Crippen molar-refractivity contribution in [3.63, 3.8) is 0 Å². The van der Waals surface area contributed by atoms with Gasteiger partial charge < -0.3 is 26.9 Å². The molecule has 2 aromatic rings. The molecule has 0 aromatic heterocycles. The van der Waals surface area contributed by atoms with Crippen LogP contribution in [0.25, 0.3) is 0 Å². The molecule has 0 saturated carbocycles. The van der Waals surface area contributed by atoms with Crippen LogP contribution in [0, 0.1) is 13.8 Å². The number of amides is 2. The molecule has 2 amide bonds. The van der Waals surface area contributed by atoms with Crippen LogP contribution in [-0.4, -0.2) is 35.8 Å². The van der Waals surface area contributed by atoms with E-state index in [0.29, 0.717) is 11.3 Å². The van der Waals surface area contributed by atoms with Crippen LogP contribution in [0.4, 0.5) is 5.69 Å². The van der Waals surface area contributed by atoms with Crippen molar-refractivity contribution in [1.29, 1.82) is 0 Å². The average molecular weight is 411 g/mol. The molecule has 0 saturated heterocycles. The highest BCUT2D eigenvalue weighted by Gasteiger charge is 2.20. The van der Waals surface area contributed by atoms with Crippen molar-refractivity contribution in [2.45, 2.75) is 26.3 Å². The summed E-state index contributed by atoms with van der Waals surface area (Å²) in [6.45, 7) is 3.46. The lowest BCUT2D eigenvalue weighted by atomic mass is 9.96. The van der Waals surface area contributed by atoms with Crippen molar-refractivity contribution in [3.8, 4) is 0 Å². The molecular formula is C21H25N5O4. The van der Waals surface area contributed by atoms with Gasteiger partial charge in [0.25, 0.3) is 5.91 Å². The van der Waals surface area contributed by atoms with Crippen LogP contribution in [0.5, 0.6) is 0 Å². The molecule has 0 aliphatic heterocycles. The summed E-state index contributed by atoms with van der Waals surface area (Å²) in [5.41, 5.74) is 3.52. The third kappa shape index (κ3) is 6.62. The van der Waals surface area contributed by atoms with E-state index < -0.39 is 23.8 Å². The maximum Gasteiger partial charge on any atom is 0.305 e. The number of nitrogens with one attached hydrogen (secondary N) is 3. The predicted octanol–water partition coefficient (Wildman–Crippen LogP) is 1.68. The van der Waals surface area contributed by atoms with Crippen molar-refractivity contribution in [1.82, 2.24) is 10.6 Å². The lowest BCUT2D eigenvalue weighted by Crippen LogP contribution is -2.39. The van der Waals surface area contributed by atoms with Gasteiger partial charge in [-0.25, -0.2) is 0 Å². The van der Waals surface area contributed by atoms with Gasteiger partial charge in [0.1, 0.15) is 6.34 Å². The molecule has 0 bridgehead atoms. The van der Waals surface area contributed by atoms with Gasteiger partial charge in [0.05, 0.1) is 19.0 Å². The summed E-state index contributed by atoms with van der Waals surface area (Å²) in [6, 6.07) is 11.5. The number of hydrogen-bond donors (Lipinski definition) is 5. The number of aryl methyl sites for hydroxylation is 2. The smallest absolute Gasteiger partial charge is 0.305 e. The lowest BCUT2D eigenvalue weighted by molar-refractivity contribution is -0.137. The molecule has 0 spiro atoms. The normalized spacial score (nSPS) is 11.7. The van der Waals surface area contributed by atoms with Gasteiger partial charge in [0, 0.05) is 11.3 Å². The molecule has 158 valence electrons. The third-order valence-electron chi connectivity index (χ3n) is 4.36. The zero-order valence-electron chi connectivity index (χ0n) is 16.8. The number of carbonyl (C=O) groups is 3. The minimum absolute atomic E-state index is 0.264. The Morgan fingerprint density at radius 2 is 1.93 bits per heavy atom. The Balaban J connectivity index is 2.02. The summed E-state index contributed by atoms with van der Waals surface area (Å²) in [4.78, 5) is 36.0. The van der Waals surface area contributed by atoms with E-state index >= 15 is 0 Å². The first kappa shape index (κ1) is 22.4. The van der Waals surface area contributed by atoms with E-state index in [1.807, 2.05) is 32.0 Å². The van der Waals surface area contributed by atoms with Gasteiger partial charge in [-0.1, -0.05) is 29.8 Å². The van der Waals surface area contributed by atoms with Crippen molar-refractivity contribution < 1.29 is 19.5 Å². The molecule has 9 nitrogen and oxygen atoms in total. The van der Waals surface area contributed by atoms with Gasteiger partial charge in [-0.15, -0.1) is 0 Å². The van der Waals surface area contributed by atoms with Crippen molar-refractivity contribution in [2.75, 3.05) is 11.9 Å². The number of hydrogen-bond acceptors (Lipinski definition) is 5. The van der Waals surface area contributed by atoms with E-state index in [9.17, 15) is 19.5 Å². The number of carboxylic acid groups (broad SMARTS) is 1. The summed E-state index contributed by atoms with van der Waals surface area (Å²) in [6.07, 6.45) is 1.01. The molecule has 0 heterocycles. The van der Waals surface area contributed by atoms with Crippen molar-refractivity contribution >= 4 is 29.8 Å². The molecule has 0 radical (unpaired) electrons. The standard InChI is InChI=1S/C21H25N5O4/c1-13-6-7-14(2)17(8-13)18(10-20(28)29)26-19(27)11-23-21(30)15-4-3-5-16(9-15)24-12-25-22/h3-9,12,18H,10-11,22H2,1-2H3,(H,23,30)(H,24,25)(H,26,27)(H,28,29). The molecule has 2 aromatic carbocycles. The van der Waals surface area contributed by atoms with Gasteiger partial charge in [-0.05, 0) is 43.2 Å². The highest BCUT2D eigenvalue weighted by Crippen LogP contribution is 2.22. The first-order valence-electron chi connectivity index (χ1n) is 9.25. The number of hydrazone groups is 1. The second-order valence-electron chi connectivity index (χ2n) is 6.76. The molecule has 30 heavy (non-hydrogen) atoms. The quantitative estimate of drug-likeness (QED) is 0.184. The molecule has 6 N–H and O–H groups in total. The van der Waals surface area contributed by atoms with Crippen LogP contribution in [0.2, 0.25) is 0 Å². The summed E-state index contributed by atoms with van der Waals surface area (Å²) < 4.78 is 0. The first-order chi connectivity index (χ1) is 14.3. The Morgan fingerprint density at radius 3 is 2.63 bits per heavy atom. The van der Waals surface area contributed by atoms with Crippen LogP contribution >= 0.6 is 0 Å². The highest BCUT2D eigenvalue weighted by molar-refractivity contribution is 5.97. The van der Waals surface area contributed by atoms with Gasteiger partial charge in [0.2, 0.25) is 5.91 Å². The van der Waals surface area contributed by atoms with Crippen molar-refractivity contribution in [2.24, 2.45) is 10.9 Å². The first-order valence-corrected chi connectivity index (χ1v) is 9.25. The van der Waals surface area contributed by atoms with Crippen LogP contribution in [0.1, 0.15) is 39.5 Å². The Labute approximate surface area is 174 Å².